The second-order valence-corrected chi connectivity index (χ2v) is 8.01. The van der Waals surface area contributed by atoms with Gasteiger partial charge < -0.3 is 24.2 Å². The molecule has 0 radical (unpaired) electrons. The van der Waals surface area contributed by atoms with Crippen LogP contribution in [0, 0.1) is 0 Å². The summed E-state index contributed by atoms with van der Waals surface area (Å²) >= 11 is 0. The largest absolute Gasteiger partial charge is 0.493 e. The number of carbonyl (C=O) groups is 2. The molecule has 1 aromatic carbocycles. The molecule has 0 spiro atoms. The number of anilines is 1. The average Bonchev–Trinajstić information content (AvgIpc) is 2.86. The summed E-state index contributed by atoms with van der Waals surface area (Å²) in [7, 11) is 3.20. The number of rotatable bonds is 9. The van der Waals surface area contributed by atoms with Crippen molar-refractivity contribution in [1.29, 1.82) is 0 Å². The Kier molecular flexibility index (Phi) is 8.46. The van der Waals surface area contributed by atoms with Crippen LogP contribution in [-0.2, 0) is 9.59 Å². The van der Waals surface area contributed by atoms with E-state index in [1.165, 1.54) is 6.92 Å². The van der Waals surface area contributed by atoms with Gasteiger partial charge in [-0.25, -0.2) is 0 Å². The molecule has 1 aliphatic heterocycles. The Morgan fingerprint density at radius 1 is 1.00 bits per heavy atom. The maximum absolute atomic E-state index is 12.7. The SMILES string of the molecule is CCCCN(CC(=O)N1CCN(c2ccc(-c3ccc(OC)c(OC)c3)nn2)CC1)C(C)=O. The lowest BCUT2D eigenvalue weighted by atomic mass is 10.1. The minimum atomic E-state index is -0.0553. The number of amides is 2. The monoisotopic (exact) mass is 455 g/mol. The molecular formula is C24H33N5O4. The molecule has 9 nitrogen and oxygen atoms in total. The molecule has 178 valence electrons. The fraction of sp³-hybridized carbons (Fsp3) is 0.500. The highest BCUT2D eigenvalue weighted by Crippen LogP contribution is 2.31. The summed E-state index contributed by atoms with van der Waals surface area (Å²) in [5, 5.41) is 8.78. The minimum Gasteiger partial charge on any atom is -0.493 e. The van der Waals surface area contributed by atoms with E-state index in [2.05, 4.69) is 22.0 Å². The summed E-state index contributed by atoms with van der Waals surface area (Å²) in [5.74, 6) is 2.02. The predicted octanol–water partition coefficient (Wildman–Crippen LogP) is 2.46. The van der Waals surface area contributed by atoms with Crippen molar-refractivity contribution < 1.29 is 19.1 Å². The van der Waals surface area contributed by atoms with Gasteiger partial charge in [-0.05, 0) is 36.8 Å². The van der Waals surface area contributed by atoms with Gasteiger partial charge in [-0.15, -0.1) is 10.2 Å². The molecule has 0 atom stereocenters. The van der Waals surface area contributed by atoms with Gasteiger partial charge in [0.05, 0.1) is 26.5 Å². The van der Waals surface area contributed by atoms with Crippen molar-refractivity contribution in [2.45, 2.75) is 26.7 Å². The number of hydrogen-bond donors (Lipinski definition) is 0. The maximum Gasteiger partial charge on any atom is 0.242 e. The van der Waals surface area contributed by atoms with Crippen LogP contribution < -0.4 is 14.4 Å². The fourth-order valence-corrected chi connectivity index (χ4v) is 3.79. The van der Waals surface area contributed by atoms with Crippen molar-refractivity contribution in [2.24, 2.45) is 0 Å². The van der Waals surface area contributed by atoms with Crippen LogP contribution in [0.5, 0.6) is 11.5 Å². The average molecular weight is 456 g/mol. The first-order valence-corrected chi connectivity index (χ1v) is 11.3. The van der Waals surface area contributed by atoms with E-state index in [1.807, 2.05) is 35.2 Å². The second kappa shape index (κ2) is 11.5. The summed E-state index contributed by atoms with van der Waals surface area (Å²) in [6.07, 6.45) is 1.89. The Bertz CT molecular complexity index is 942. The third-order valence-electron chi connectivity index (χ3n) is 5.84. The molecule has 1 saturated heterocycles. The zero-order valence-corrected chi connectivity index (χ0v) is 19.9. The first kappa shape index (κ1) is 24.3. The first-order chi connectivity index (χ1) is 16.0. The van der Waals surface area contributed by atoms with Gasteiger partial charge in [0, 0.05) is 45.2 Å². The van der Waals surface area contributed by atoms with Gasteiger partial charge >= 0.3 is 0 Å². The Labute approximate surface area is 195 Å². The number of ether oxygens (including phenoxy) is 2. The molecule has 0 aliphatic carbocycles. The van der Waals surface area contributed by atoms with Crippen LogP contribution in [0.2, 0.25) is 0 Å². The van der Waals surface area contributed by atoms with Crippen molar-refractivity contribution in [3.05, 3.63) is 30.3 Å². The summed E-state index contributed by atoms with van der Waals surface area (Å²) in [6.45, 7) is 6.90. The van der Waals surface area contributed by atoms with Crippen LogP contribution >= 0.6 is 0 Å². The van der Waals surface area contributed by atoms with Gasteiger partial charge in [0.1, 0.15) is 0 Å². The molecule has 2 aromatic rings. The number of aromatic nitrogens is 2. The number of piperazine rings is 1. The number of nitrogens with zero attached hydrogens (tertiary/aromatic N) is 5. The number of benzene rings is 1. The van der Waals surface area contributed by atoms with Crippen molar-refractivity contribution in [3.8, 4) is 22.8 Å². The molecular weight excluding hydrogens is 422 g/mol. The lowest BCUT2D eigenvalue weighted by Crippen LogP contribution is -2.52. The molecule has 0 saturated carbocycles. The lowest BCUT2D eigenvalue weighted by molar-refractivity contribution is -0.139. The van der Waals surface area contributed by atoms with Crippen LogP contribution in [0.1, 0.15) is 26.7 Å². The van der Waals surface area contributed by atoms with Crippen LogP contribution in [0.25, 0.3) is 11.3 Å². The number of unbranched alkanes of at least 4 members (excludes halogenated alkanes) is 1. The van der Waals surface area contributed by atoms with E-state index in [9.17, 15) is 9.59 Å². The molecule has 2 amide bonds. The molecule has 1 fully saturated rings. The summed E-state index contributed by atoms with van der Waals surface area (Å²) < 4.78 is 10.7. The van der Waals surface area contributed by atoms with Crippen molar-refractivity contribution in [2.75, 3.05) is 58.4 Å². The third kappa shape index (κ3) is 6.12. The highest BCUT2D eigenvalue weighted by molar-refractivity contribution is 5.84. The molecule has 2 heterocycles. The molecule has 0 N–H and O–H groups in total. The van der Waals surface area contributed by atoms with E-state index in [0.29, 0.717) is 44.2 Å². The van der Waals surface area contributed by atoms with Crippen molar-refractivity contribution >= 4 is 17.6 Å². The summed E-state index contributed by atoms with van der Waals surface area (Å²) in [4.78, 5) is 30.1. The number of methoxy groups -OCH3 is 2. The Hall–Kier alpha value is -3.36. The van der Waals surface area contributed by atoms with E-state index in [0.717, 1.165) is 29.9 Å². The van der Waals surface area contributed by atoms with Gasteiger partial charge in [-0.1, -0.05) is 13.3 Å². The molecule has 3 rings (SSSR count). The molecule has 9 heteroatoms. The van der Waals surface area contributed by atoms with E-state index in [1.54, 1.807) is 19.1 Å². The van der Waals surface area contributed by atoms with Crippen LogP contribution in [-0.4, -0.2) is 85.3 Å². The van der Waals surface area contributed by atoms with Gasteiger partial charge in [0.25, 0.3) is 0 Å². The Morgan fingerprint density at radius 3 is 2.30 bits per heavy atom. The third-order valence-corrected chi connectivity index (χ3v) is 5.84. The van der Waals surface area contributed by atoms with Gasteiger partial charge in [-0.2, -0.15) is 0 Å². The highest BCUT2D eigenvalue weighted by atomic mass is 16.5. The zero-order valence-electron chi connectivity index (χ0n) is 19.9. The first-order valence-electron chi connectivity index (χ1n) is 11.3. The van der Waals surface area contributed by atoms with Gasteiger partial charge in [0.2, 0.25) is 11.8 Å². The summed E-state index contributed by atoms with van der Waals surface area (Å²) in [6, 6.07) is 9.51. The van der Waals surface area contributed by atoms with E-state index in [4.69, 9.17) is 9.47 Å². The normalized spacial score (nSPS) is 13.6. The molecule has 1 aromatic heterocycles. The zero-order chi connectivity index (χ0) is 23.8. The molecule has 0 bridgehead atoms. The second-order valence-electron chi connectivity index (χ2n) is 8.01. The van der Waals surface area contributed by atoms with Crippen LogP contribution in [0.3, 0.4) is 0 Å². The van der Waals surface area contributed by atoms with Gasteiger partial charge in [0.15, 0.2) is 17.3 Å². The van der Waals surface area contributed by atoms with E-state index < -0.39 is 0 Å². The Balaban J connectivity index is 1.58. The highest BCUT2D eigenvalue weighted by Gasteiger charge is 2.24. The van der Waals surface area contributed by atoms with Crippen LogP contribution in [0.4, 0.5) is 5.82 Å². The molecule has 0 unspecified atom stereocenters. The molecule has 1 aliphatic rings. The topological polar surface area (TPSA) is 88.1 Å². The van der Waals surface area contributed by atoms with Crippen molar-refractivity contribution in [3.63, 3.8) is 0 Å². The Morgan fingerprint density at radius 2 is 1.73 bits per heavy atom. The summed E-state index contributed by atoms with van der Waals surface area (Å²) in [5.41, 5.74) is 1.63. The fourth-order valence-electron chi connectivity index (χ4n) is 3.79. The van der Waals surface area contributed by atoms with Crippen molar-refractivity contribution in [1.82, 2.24) is 20.0 Å². The number of carbonyl (C=O) groups excluding carboxylic acids is 2. The van der Waals surface area contributed by atoms with Gasteiger partial charge in [-0.3, -0.25) is 9.59 Å². The predicted molar refractivity (Wildman–Crippen MR) is 127 cm³/mol. The quantitative estimate of drug-likeness (QED) is 0.574. The lowest BCUT2D eigenvalue weighted by Gasteiger charge is -2.36. The smallest absolute Gasteiger partial charge is 0.242 e. The van der Waals surface area contributed by atoms with E-state index in [-0.39, 0.29) is 18.4 Å². The number of hydrogen-bond acceptors (Lipinski definition) is 7. The standard InChI is InChI=1S/C24H33N5O4/c1-5-6-11-29(18(2)30)17-24(31)28-14-12-27(13-15-28)23-10-8-20(25-26-23)19-7-9-21(32-3)22(16-19)33-4/h7-10,16H,5-6,11-15,17H2,1-4H3. The maximum atomic E-state index is 12.7. The minimum absolute atomic E-state index is 0.00385. The molecule has 33 heavy (non-hydrogen) atoms. The van der Waals surface area contributed by atoms with Crippen LogP contribution in [0.15, 0.2) is 30.3 Å². The van der Waals surface area contributed by atoms with E-state index >= 15 is 0 Å².